The number of nitrogens with zero attached hydrogens (tertiary/aromatic N) is 1. The van der Waals surface area contributed by atoms with Gasteiger partial charge < -0.3 is 0 Å². The number of hydrogen-bond acceptors (Lipinski definition) is 2. The second-order valence-corrected chi connectivity index (χ2v) is 4.39. The summed E-state index contributed by atoms with van der Waals surface area (Å²) in [5.74, 6) is -0.468. The molecule has 16 heavy (non-hydrogen) atoms. The van der Waals surface area contributed by atoms with Crippen molar-refractivity contribution in [3.05, 3.63) is 34.9 Å². The van der Waals surface area contributed by atoms with E-state index in [1.165, 1.54) is 11.9 Å². The van der Waals surface area contributed by atoms with Crippen molar-refractivity contribution in [1.82, 2.24) is 4.90 Å². The van der Waals surface area contributed by atoms with Gasteiger partial charge in [-0.3, -0.25) is 14.5 Å². The van der Waals surface area contributed by atoms with Crippen molar-refractivity contribution in [3.8, 4) is 0 Å². The first-order valence-corrected chi connectivity index (χ1v) is 5.51. The van der Waals surface area contributed by atoms with Gasteiger partial charge in [-0.1, -0.05) is 29.8 Å². The molecule has 1 unspecified atom stereocenters. The van der Waals surface area contributed by atoms with Crippen molar-refractivity contribution in [2.24, 2.45) is 5.92 Å². The smallest absolute Gasteiger partial charge is 0.232 e. The molecule has 0 bridgehead atoms. The van der Waals surface area contributed by atoms with Crippen LogP contribution in [0.3, 0.4) is 0 Å². The quantitative estimate of drug-likeness (QED) is 0.737. The summed E-state index contributed by atoms with van der Waals surface area (Å²) in [6.45, 7) is 0. The summed E-state index contributed by atoms with van der Waals surface area (Å²) in [5.41, 5.74) is 0.922. The third-order valence-electron chi connectivity index (χ3n) is 2.90. The van der Waals surface area contributed by atoms with Crippen LogP contribution in [-0.4, -0.2) is 23.8 Å². The number of amides is 2. The average molecular weight is 238 g/mol. The molecule has 1 fully saturated rings. The third kappa shape index (κ3) is 1.95. The molecule has 1 aromatic carbocycles. The van der Waals surface area contributed by atoms with E-state index >= 15 is 0 Å². The number of likely N-dealkylation sites (tertiary alicyclic amines) is 1. The predicted octanol–water partition coefficient (Wildman–Crippen LogP) is 1.89. The summed E-state index contributed by atoms with van der Waals surface area (Å²) in [6.07, 6.45) is 0.829. The van der Waals surface area contributed by atoms with Gasteiger partial charge in [0.15, 0.2) is 0 Å². The Morgan fingerprint density at radius 3 is 2.62 bits per heavy atom. The highest BCUT2D eigenvalue weighted by atomic mass is 35.5. The van der Waals surface area contributed by atoms with Crippen LogP contribution in [0.2, 0.25) is 5.02 Å². The summed E-state index contributed by atoms with van der Waals surface area (Å²) in [5, 5.41) is 0.650. The van der Waals surface area contributed by atoms with E-state index in [9.17, 15) is 9.59 Å². The first-order valence-electron chi connectivity index (χ1n) is 5.13. The number of hydrogen-bond donors (Lipinski definition) is 0. The number of halogens is 1. The number of benzene rings is 1. The second-order valence-electron chi connectivity index (χ2n) is 3.99. The Morgan fingerprint density at radius 1 is 1.38 bits per heavy atom. The van der Waals surface area contributed by atoms with Gasteiger partial charge in [-0.25, -0.2) is 0 Å². The van der Waals surface area contributed by atoms with Gasteiger partial charge >= 0.3 is 0 Å². The molecule has 1 aliphatic heterocycles. The van der Waals surface area contributed by atoms with E-state index in [-0.39, 0.29) is 17.7 Å². The minimum absolute atomic E-state index is 0.107. The van der Waals surface area contributed by atoms with E-state index in [1.54, 1.807) is 6.07 Å². The summed E-state index contributed by atoms with van der Waals surface area (Å²) >= 11 is 6.01. The highest BCUT2D eigenvalue weighted by molar-refractivity contribution is 6.31. The Labute approximate surface area is 99.0 Å². The minimum Gasteiger partial charge on any atom is -0.285 e. The highest BCUT2D eigenvalue weighted by Crippen LogP contribution is 2.25. The van der Waals surface area contributed by atoms with E-state index in [0.29, 0.717) is 17.9 Å². The molecule has 0 aromatic heterocycles. The first-order chi connectivity index (χ1) is 7.59. The number of imide groups is 1. The van der Waals surface area contributed by atoms with E-state index < -0.39 is 0 Å². The summed E-state index contributed by atoms with van der Waals surface area (Å²) < 4.78 is 0. The van der Waals surface area contributed by atoms with Gasteiger partial charge in [0, 0.05) is 18.5 Å². The maximum atomic E-state index is 11.7. The zero-order valence-electron chi connectivity index (χ0n) is 8.94. The lowest BCUT2D eigenvalue weighted by molar-refractivity contribution is -0.137. The van der Waals surface area contributed by atoms with Crippen LogP contribution in [0, 0.1) is 5.92 Å². The Kier molecular flexibility index (Phi) is 2.97. The number of carbonyl (C=O) groups excluding carboxylic acids is 2. The lowest BCUT2D eigenvalue weighted by Gasteiger charge is -2.09. The Bertz CT molecular complexity index is 444. The van der Waals surface area contributed by atoms with Crippen LogP contribution in [0.1, 0.15) is 12.0 Å². The van der Waals surface area contributed by atoms with Crippen LogP contribution in [0.15, 0.2) is 24.3 Å². The van der Waals surface area contributed by atoms with Gasteiger partial charge in [0.25, 0.3) is 0 Å². The molecular weight excluding hydrogens is 226 g/mol. The molecule has 0 N–H and O–H groups in total. The second kappa shape index (κ2) is 4.26. The van der Waals surface area contributed by atoms with E-state index in [1.807, 2.05) is 18.2 Å². The molecule has 0 spiro atoms. The Morgan fingerprint density at radius 2 is 2.06 bits per heavy atom. The van der Waals surface area contributed by atoms with Crippen molar-refractivity contribution in [2.45, 2.75) is 12.8 Å². The summed E-state index contributed by atoms with van der Waals surface area (Å²) in [4.78, 5) is 24.2. The van der Waals surface area contributed by atoms with Crippen molar-refractivity contribution >= 4 is 23.4 Å². The number of rotatable bonds is 2. The minimum atomic E-state index is -0.252. The molecule has 2 rings (SSSR count). The molecule has 1 saturated heterocycles. The maximum Gasteiger partial charge on any atom is 0.232 e. The van der Waals surface area contributed by atoms with Gasteiger partial charge in [-0.2, -0.15) is 0 Å². The molecule has 1 aromatic rings. The fourth-order valence-corrected chi connectivity index (χ4v) is 2.13. The van der Waals surface area contributed by atoms with E-state index in [2.05, 4.69) is 0 Å². The van der Waals surface area contributed by atoms with Gasteiger partial charge in [-0.15, -0.1) is 0 Å². The average Bonchev–Trinajstić information content (AvgIpc) is 2.50. The zero-order chi connectivity index (χ0) is 11.7. The van der Waals surface area contributed by atoms with Crippen LogP contribution >= 0.6 is 11.6 Å². The summed E-state index contributed by atoms with van der Waals surface area (Å²) in [7, 11) is 1.53. The fraction of sp³-hybridized carbons (Fsp3) is 0.333. The fourth-order valence-electron chi connectivity index (χ4n) is 1.92. The van der Waals surface area contributed by atoms with Crippen molar-refractivity contribution < 1.29 is 9.59 Å². The lowest BCUT2D eigenvalue weighted by Crippen LogP contribution is -2.26. The largest absolute Gasteiger partial charge is 0.285 e. The Hall–Kier alpha value is -1.35. The SMILES string of the molecule is CN1C(=O)CC(Cc2ccccc2Cl)C1=O. The van der Waals surface area contributed by atoms with Crippen LogP contribution in [0.5, 0.6) is 0 Å². The van der Waals surface area contributed by atoms with Gasteiger partial charge in [-0.05, 0) is 18.1 Å². The molecule has 0 aliphatic carbocycles. The monoisotopic (exact) mass is 237 g/mol. The van der Waals surface area contributed by atoms with Crippen LogP contribution in [-0.2, 0) is 16.0 Å². The topological polar surface area (TPSA) is 37.4 Å². The Balaban J connectivity index is 2.15. The molecule has 84 valence electrons. The van der Waals surface area contributed by atoms with Gasteiger partial charge in [0.2, 0.25) is 11.8 Å². The molecule has 1 heterocycles. The molecule has 0 saturated carbocycles. The van der Waals surface area contributed by atoms with Crippen molar-refractivity contribution in [3.63, 3.8) is 0 Å². The number of carbonyl (C=O) groups is 2. The highest BCUT2D eigenvalue weighted by Gasteiger charge is 2.35. The predicted molar refractivity (Wildman–Crippen MR) is 61.0 cm³/mol. The molecule has 4 heteroatoms. The molecule has 1 aliphatic rings. The molecular formula is C12H12ClNO2. The normalized spacial score (nSPS) is 20.6. The van der Waals surface area contributed by atoms with Crippen molar-refractivity contribution in [1.29, 1.82) is 0 Å². The van der Waals surface area contributed by atoms with Crippen LogP contribution in [0.25, 0.3) is 0 Å². The third-order valence-corrected chi connectivity index (χ3v) is 3.27. The molecule has 1 atom stereocenters. The van der Waals surface area contributed by atoms with Crippen LogP contribution < -0.4 is 0 Å². The summed E-state index contributed by atoms with van der Waals surface area (Å²) in [6, 6.07) is 7.41. The molecule has 2 amide bonds. The van der Waals surface area contributed by atoms with E-state index in [4.69, 9.17) is 11.6 Å². The van der Waals surface area contributed by atoms with Gasteiger partial charge in [0.05, 0.1) is 5.92 Å². The molecule has 0 radical (unpaired) electrons. The first kappa shape index (κ1) is 11.1. The zero-order valence-corrected chi connectivity index (χ0v) is 9.70. The lowest BCUT2D eigenvalue weighted by atomic mass is 9.98. The van der Waals surface area contributed by atoms with Crippen LogP contribution in [0.4, 0.5) is 0 Å². The molecule has 3 nitrogen and oxygen atoms in total. The van der Waals surface area contributed by atoms with E-state index in [0.717, 1.165) is 5.56 Å². The van der Waals surface area contributed by atoms with Crippen molar-refractivity contribution in [2.75, 3.05) is 7.05 Å². The van der Waals surface area contributed by atoms with Gasteiger partial charge in [0.1, 0.15) is 0 Å². The standard InChI is InChI=1S/C12H12ClNO2/c1-14-11(15)7-9(12(14)16)6-8-4-2-3-5-10(8)13/h2-5,9H,6-7H2,1H3. The maximum absolute atomic E-state index is 11.7.